The van der Waals surface area contributed by atoms with Gasteiger partial charge in [-0.3, -0.25) is 9.59 Å². The molecule has 2 aliphatic rings. The molecule has 0 radical (unpaired) electrons. The van der Waals surface area contributed by atoms with Crippen LogP contribution in [0.25, 0.3) is 0 Å². The summed E-state index contributed by atoms with van der Waals surface area (Å²) in [6.45, 7) is 0.304. The molecule has 1 fully saturated rings. The Balaban J connectivity index is 2.29. The highest BCUT2D eigenvalue weighted by Gasteiger charge is 2.50. The van der Waals surface area contributed by atoms with Gasteiger partial charge in [-0.15, -0.1) is 0 Å². The third kappa shape index (κ3) is 3.08. The summed E-state index contributed by atoms with van der Waals surface area (Å²) in [6.07, 6.45) is 4.12. The Kier molecular flexibility index (Phi) is 5.02. The third-order valence-corrected chi connectivity index (χ3v) is 4.74. The quantitative estimate of drug-likeness (QED) is 0.713. The van der Waals surface area contributed by atoms with Crippen LogP contribution in [0.5, 0.6) is 0 Å². The van der Waals surface area contributed by atoms with Gasteiger partial charge in [-0.2, -0.15) is 0 Å². The lowest BCUT2D eigenvalue weighted by Crippen LogP contribution is -2.49. The van der Waals surface area contributed by atoms with Crippen LogP contribution in [0.4, 0.5) is 4.79 Å². The fraction of sp³-hybridized carbons (Fsp3) is 0.643. The van der Waals surface area contributed by atoms with Crippen LogP contribution in [-0.2, 0) is 14.3 Å². The average molecular weight is 349 g/mol. The van der Waals surface area contributed by atoms with Crippen molar-refractivity contribution in [3.8, 4) is 0 Å². The second kappa shape index (κ2) is 6.46. The zero-order valence-corrected chi connectivity index (χ0v) is 13.9. The number of methoxy groups -OCH3 is 1. The molecule has 8 heteroatoms. The second-order valence-electron chi connectivity index (χ2n) is 5.59. The van der Waals surface area contributed by atoms with Crippen molar-refractivity contribution in [1.29, 1.82) is 0 Å². The highest BCUT2D eigenvalue weighted by molar-refractivity contribution is 6.53. The smallest absolute Gasteiger partial charge is 0.409 e. The molecule has 22 heavy (non-hydrogen) atoms. The van der Waals surface area contributed by atoms with E-state index in [1.54, 1.807) is 18.0 Å². The predicted molar refractivity (Wildman–Crippen MR) is 81.9 cm³/mol. The standard InChI is InChI=1S/C14H18Cl2N2O4/c1-17(13(21)22-2)9-7-14(5-3-10(19)4-6-14)18(8-9)12(20)11(15)16/h3,5,9,11H,4,6-8H2,1-2H3/t9?,14-/m1/s1. The first kappa shape index (κ1) is 17.1. The van der Waals surface area contributed by atoms with Crippen molar-refractivity contribution >= 4 is 41.0 Å². The minimum absolute atomic E-state index is 0.0242. The lowest BCUT2D eigenvalue weighted by molar-refractivity contribution is -0.133. The van der Waals surface area contributed by atoms with Crippen LogP contribution in [0.3, 0.4) is 0 Å². The van der Waals surface area contributed by atoms with Crippen molar-refractivity contribution < 1.29 is 19.1 Å². The van der Waals surface area contributed by atoms with Crippen molar-refractivity contribution in [3.63, 3.8) is 0 Å². The number of alkyl halides is 2. The summed E-state index contributed by atoms with van der Waals surface area (Å²) in [7, 11) is 2.92. The van der Waals surface area contributed by atoms with Gasteiger partial charge in [0, 0.05) is 20.0 Å². The Hall–Kier alpha value is -1.27. The zero-order valence-electron chi connectivity index (χ0n) is 12.4. The molecular formula is C14H18Cl2N2O4. The fourth-order valence-electron chi connectivity index (χ4n) is 3.10. The molecule has 0 aromatic heterocycles. The Morgan fingerprint density at radius 2 is 2.18 bits per heavy atom. The number of amides is 2. The van der Waals surface area contributed by atoms with Gasteiger partial charge in [0.05, 0.1) is 18.7 Å². The van der Waals surface area contributed by atoms with E-state index in [0.29, 0.717) is 25.8 Å². The van der Waals surface area contributed by atoms with Crippen LogP contribution in [-0.4, -0.2) is 64.7 Å². The maximum absolute atomic E-state index is 12.3. The molecule has 2 amide bonds. The molecular weight excluding hydrogens is 331 g/mol. The van der Waals surface area contributed by atoms with Crippen molar-refractivity contribution in [2.24, 2.45) is 0 Å². The maximum atomic E-state index is 12.3. The SMILES string of the molecule is COC(=O)N(C)C1CN(C(=O)C(Cl)Cl)[C@@]2(C=CC(=O)CC2)C1. The Labute approximate surface area is 139 Å². The van der Waals surface area contributed by atoms with Crippen molar-refractivity contribution in [2.45, 2.75) is 35.7 Å². The van der Waals surface area contributed by atoms with E-state index in [2.05, 4.69) is 0 Å². The highest BCUT2D eigenvalue weighted by atomic mass is 35.5. The molecule has 6 nitrogen and oxygen atoms in total. The molecule has 0 saturated carbocycles. The molecule has 1 aliphatic carbocycles. The van der Waals surface area contributed by atoms with E-state index in [1.807, 2.05) is 0 Å². The summed E-state index contributed by atoms with van der Waals surface area (Å²) >= 11 is 11.5. The van der Waals surface area contributed by atoms with E-state index in [4.69, 9.17) is 27.9 Å². The van der Waals surface area contributed by atoms with E-state index in [9.17, 15) is 14.4 Å². The molecule has 1 spiro atoms. The van der Waals surface area contributed by atoms with Crippen molar-refractivity contribution in [3.05, 3.63) is 12.2 Å². The first-order chi connectivity index (χ1) is 10.3. The van der Waals surface area contributed by atoms with Crippen LogP contribution in [0.15, 0.2) is 12.2 Å². The third-order valence-electron chi connectivity index (χ3n) is 4.37. The van der Waals surface area contributed by atoms with Gasteiger partial charge in [0.1, 0.15) is 0 Å². The summed E-state index contributed by atoms with van der Waals surface area (Å²) < 4.78 is 4.72. The van der Waals surface area contributed by atoms with Crippen LogP contribution >= 0.6 is 23.2 Å². The molecule has 0 bridgehead atoms. The summed E-state index contributed by atoms with van der Waals surface area (Å²) in [5.74, 6) is -0.390. The van der Waals surface area contributed by atoms with E-state index in [0.717, 1.165) is 0 Å². The number of ether oxygens (including phenoxy) is 1. The molecule has 1 heterocycles. The molecule has 0 aromatic rings. The number of nitrogens with zero attached hydrogens (tertiary/aromatic N) is 2. The number of likely N-dealkylation sites (N-methyl/N-ethyl adjacent to an activating group) is 1. The van der Waals surface area contributed by atoms with E-state index < -0.39 is 22.4 Å². The monoisotopic (exact) mass is 348 g/mol. The second-order valence-corrected chi connectivity index (χ2v) is 6.69. The molecule has 2 rings (SSSR count). The Bertz CT molecular complexity index is 523. The van der Waals surface area contributed by atoms with Gasteiger partial charge in [0.2, 0.25) is 0 Å². The Morgan fingerprint density at radius 1 is 1.50 bits per heavy atom. The molecule has 122 valence electrons. The summed E-state index contributed by atoms with van der Waals surface area (Å²) in [4.78, 5) is 37.3. The normalized spacial score (nSPS) is 27.6. The molecule has 1 aliphatic heterocycles. The van der Waals surface area contributed by atoms with Gasteiger partial charge >= 0.3 is 6.09 Å². The molecule has 0 aromatic carbocycles. The number of halogens is 2. The van der Waals surface area contributed by atoms with Crippen LogP contribution < -0.4 is 0 Å². The molecule has 1 saturated heterocycles. The van der Waals surface area contributed by atoms with E-state index in [1.165, 1.54) is 18.1 Å². The fourth-order valence-corrected chi connectivity index (χ4v) is 3.34. The number of hydrogen-bond acceptors (Lipinski definition) is 4. The topological polar surface area (TPSA) is 66.9 Å². The lowest BCUT2D eigenvalue weighted by Gasteiger charge is -2.37. The largest absolute Gasteiger partial charge is 0.453 e. The number of rotatable bonds is 2. The number of carbonyl (C=O) groups is 3. The van der Waals surface area contributed by atoms with Gasteiger partial charge in [-0.1, -0.05) is 29.3 Å². The maximum Gasteiger partial charge on any atom is 0.409 e. The molecule has 0 N–H and O–H groups in total. The minimum atomic E-state index is -1.18. The van der Waals surface area contributed by atoms with E-state index >= 15 is 0 Å². The van der Waals surface area contributed by atoms with Gasteiger partial charge in [-0.25, -0.2) is 4.79 Å². The summed E-state index contributed by atoms with van der Waals surface area (Å²) in [5.41, 5.74) is -0.625. The number of likely N-dealkylation sites (tertiary alicyclic amines) is 1. The summed E-state index contributed by atoms with van der Waals surface area (Å²) in [5, 5.41) is 0. The van der Waals surface area contributed by atoms with Gasteiger partial charge < -0.3 is 14.5 Å². The zero-order chi connectivity index (χ0) is 16.5. The van der Waals surface area contributed by atoms with Gasteiger partial charge in [-0.05, 0) is 18.9 Å². The Morgan fingerprint density at radius 3 is 2.68 bits per heavy atom. The van der Waals surface area contributed by atoms with Gasteiger partial charge in [0.15, 0.2) is 10.6 Å². The highest BCUT2D eigenvalue weighted by Crippen LogP contribution is 2.40. The molecule has 1 unspecified atom stereocenters. The lowest BCUT2D eigenvalue weighted by atomic mass is 9.84. The first-order valence-corrected chi connectivity index (χ1v) is 7.80. The van der Waals surface area contributed by atoms with Crippen LogP contribution in [0, 0.1) is 0 Å². The first-order valence-electron chi connectivity index (χ1n) is 6.93. The van der Waals surface area contributed by atoms with E-state index in [-0.39, 0.29) is 11.8 Å². The average Bonchev–Trinajstić information content (AvgIpc) is 2.87. The summed E-state index contributed by atoms with van der Waals surface area (Å²) in [6, 6.07) is -0.221. The van der Waals surface area contributed by atoms with Gasteiger partial charge in [0.25, 0.3) is 5.91 Å². The van der Waals surface area contributed by atoms with Crippen molar-refractivity contribution in [2.75, 3.05) is 20.7 Å². The predicted octanol–water partition coefficient (Wildman–Crippen LogP) is 1.75. The number of ketones is 1. The number of carbonyl (C=O) groups excluding carboxylic acids is 3. The molecule has 2 atom stereocenters. The van der Waals surface area contributed by atoms with Crippen LogP contribution in [0.1, 0.15) is 19.3 Å². The van der Waals surface area contributed by atoms with Crippen molar-refractivity contribution in [1.82, 2.24) is 9.80 Å². The minimum Gasteiger partial charge on any atom is -0.453 e. The number of hydrogen-bond donors (Lipinski definition) is 0. The van der Waals surface area contributed by atoms with Crippen LogP contribution in [0.2, 0.25) is 0 Å². The number of allylic oxidation sites excluding steroid dienone is 1.